The smallest absolute Gasteiger partial charge is 0.195 e. The van der Waals surface area contributed by atoms with Gasteiger partial charge in [-0.25, -0.2) is 0 Å². The fourth-order valence-electron chi connectivity index (χ4n) is 0.924. The van der Waals surface area contributed by atoms with Gasteiger partial charge < -0.3 is 0 Å². The zero-order chi connectivity index (χ0) is 10.0. The summed E-state index contributed by atoms with van der Waals surface area (Å²) in [5.41, 5.74) is 1.52. The van der Waals surface area contributed by atoms with Gasteiger partial charge >= 0.3 is 0 Å². The SMILES string of the molecule is Cc1cc(C(=O)C(Cl)Cl)ccc1Br. The third-order valence-electron chi connectivity index (χ3n) is 1.64. The highest BCUT2D eigenvalue weighted by atomic mass is 79.9. The van der Waals surface area contributed by atoms with Gasteiger partial charge in [0.1, 0.15) is 0 Å². The van der Waals surface area contributed by atoms with Crippen LogP contribution in [-0.2, 0) is 0 Å². The van der Waals surface area contributed by atoms with E-state index in [1.165, 1.54) is 0 Å². The number of aryl methyl sites for hydroxylation is 1. The molecule has 1 aromatic rings. The topological polar surface area (TPSA) is 17.1 Å². The number of carbonyl (C=O) groups excluding carboxylic acids is 1. The van der Waals surface area contributed by atoms with Crippen molar-refractivity contribution >= 4 is 44.9 Å². The van der Waals surface area contributed by atoms with Crippen LogP contribution in [-0.4, -0.2) is 10.6 Å². The lowest BCUT2D eigenvalue weighted by Crippen LogP contribution is -2.08. The number of alkyl halides is 2. The van der Waals surface area contributed by atoms with Gasteiger partial charge in [0.05, 0.1) is 0 Å². The fourth-order valence-corrected chi connectivity index (χ4v) is 1.42. The maximum Gasteiger partial charge on any atom is 0.195 e. The monoisotopic (exact) mass is 280 g/mol. The summed E-state index contributed by atoms with van der Waals surface area (Å²) in [5.74, 6) is -0.265. The number of hydrogen-bond donors (Lipinski definition) is 0. The summed E-state index contributed by atoms with van der Waals surface area (Å²) in [5, 5.41) is 0. The molecule has 0 atom stereocenters. The van der Waals surface area contributed by atoms with E-state index in [0.717, 1.165) is 10.0 Å². The Hall–Kier alpha value is -0.0500. The normalized spacial score (nSPS) is 10.5. The Labute approximate surface area is 95.2 Å². The quantitative estimate of drug-likeness (QED) is 0.596. The molecular formula is C9H7BrCl2O. The molecule has 0 heterocycles. The van der Waals surface area contributed by atoms with Crippen molar-refractivity contribution in [2.24, 2.45) is 0 Å². The average Bonchev–Trinajstić information content (AvgIpc) is 2.08. The van der Waals surface area contributed by atoms with Crippen LogP contribution in [0.4, 0.5) is 0 Å². The van der Waals surface area contributed by atoms with Crippen molar-refractivity contribution in [3.05, 3.63) is 33.8 Å². The minimum atomic E-state index is -0.986. The van der Waals surface area contributed by atoms with E-state index >= 15 is 0 Å². The number of carbonyl (C=O) groups is 1. The minimum absolute atomic E-state index is 0.265. The molecule has 1 rings (SSSR count). The summed E-state index contributed by atoms with van der Waals surface area (Å²) in [6, 6.07) is 5.25. The average molecular weight is 282 g/mol. The zero-order valence-electron chi connectivity index (χ0n) is 6.85. The van der Waals surface area contributed by atoms with Gasteiger partial charge in [0, 0.05) is 10.0 Å². The highest BCUT2D eigenvalue weighted by Gasteiger charge is 2.14. The molecule has 13 heavy (non-hydrogen) atoms. The molecule has 0 N–H and O–H groups in total. The van der Waals surface area contributed by atoms with Crippen LogP contribution < -0.4 is 0 Å². The summed E-state index contributed by atoms with van der Waals surface area (Å²) in [4.78, 5) is 10.3. The van der Waals surface area contributed by atoms with Crippen LogP contribution in [0, 0.1) is 6.92 Å². The first kappa shape index (κ1) is 11.0. The molecule has 0 amide bonds. The van der Waals surface area contributed by atoms with E-state index in [-0.39, 0.29) is 5.78 Å². The Bertz CT molecular complexity index is 336. The Kier molecular flexibility index (Phi) is 3.77. The van der Waals surface area contributed by atoms with E-state index in [1.807, 2.05) is 6.92 Å². The maximum absolute atomic E-state index is 11.3. The van der Waals surface area contributed by atoms with E-state index in [4.69, 9.17) is 23.2 Å². The van der Waals surface area contributed by atoms with Crippen LogP contribution in [0.25, 0.3) is 0 Å². The molecule has 0 aliphatic rings. The van der Waals surface area contributed by atoms with E-state index in [2.05, 4.69) is 15.9 Å². The van der Waals surface area contributed by atoms with Crippen LogP contribution in [0.15, 0.2) is 22.7 Å². The van der Waals surface area contributed by atoms with Gasteiger partial charge in [-0.15, -0.1) is 0 Å². The Balaban J connectivity index is 3.04. The number of halogens is 3. The summed E-state index contributed by atoms with van der Waals surface area (Å²) in [7, 11) is 0. The van der Waals surface area contributed by atoms with E-state index in [1.54, 1.807) is 18.2 Å². The van der Waals surface area contributed by atoms with Gasteiger partial charge in [-0.3, -0.25) is 4.79 Å². The van der Waals surface area contributed by atoms with Crippen LogP contribution in [0.5, 0.6) is 0 Å². The lowest BCUT2D eigenvalue weighted by molar-refractivity contribution is 0.101. The summed E-state index contributed by atoms with van der Waals surface area (Å²) in [6.45, 7) is 1.90. The second-order valence-electron chi connectivity index (χ2n) is 2.63. The molecule has 0 saturated heterocycles. The maximum atomic E-state index is 11.3. The van der Waals surface area contributed by atoms with Crippen LogP contribution in [0.1, 0.15) is 15.9 Å². The molecule has 4 heteroatoms. The first-order chi connectivity index (χ1) is 6.02. The third kappa shape index (κ3) is 2.70. The van der Waals surface area contributed by atoms with E-state index < -0.39 is 4.84 Å². The Morgan fingerprint density at radius 3 is 2.54 bits per heavy atom. The van der Waals surface area contributed by atoms with Gasteiger partial charge in [0.15, 0.2) is 10.6 Å². The Morgan fingerprint density at radius 1 is 1.46 bits per heavy atom. The van der Waals surface area contributed by atoms with Crippen molar-refractivity contribution in [2.75, 3.05) is 0 Å². The molecule has 0 spiro atoms. The summed E-state index contributed by atoms with van der Waals surface area (Å²) >= 11 is 14.3. The Morgan fingerprint density at radius 2 is 2.08 bits per heavy atom. The lowest BCUT2D eigenvalue weighted by atomic mass is 10.1. The van der Waals surface area contributed by atoms with Crippen LogP contribution >= 0.6 is 39.1 Å². The largest absolute Gasteiger partial charge is 0.291 e. The molecule has 0 bridgehead atoms. The van der Waals surface area contributed by atoms with Gasteiger partial charge in [-0.2, -0.15) is 0 Å². The third-order valence-corrected chi connectivity index (χ3v) is 2.93. The standard InChI is InChI=1S/C9H7BrCl2O/c1-5-4-6(2-3-7(5)10)8(13)9(11)12/h2-4,9H,1H3. The van der Waals surface area contributed by atoms with Gasteiger partial charge in [0.2, 0.25) is 0 Å². The minimum Gasteiger partial charge on any atom is -0.291 e. The van der Waals surface area contributed by atoms with Crippen molar-refractivity contribution in [1.29, 1.82) is 0 Å². The van der Waals surface area contributed by atoms with E-state index in [0.29, 0.717) is 5.56 Å². The first-order valence-corrected chi connectivity index (χ1v) is 5.27. The van der Waals surface area contributed by atoms with Crippen LogP contribution in [0.3, 0.4) is 0 Å². The molecular weight excluding hydrogens is 275 g/mol. The van der Waals surface area contributed by atoms with Gasteiger partial charge in [-0.1, -0.05) is 45.2 Å². The zero-order valence-corrected chi connectivity index (χ0v) is 9.95. The highest BCUT2D eigenvalue weighted by molar-refractivity contribution is 9.10. The number of benzene rings is 1. The first-order valence-electron chi connectivity index (χ1n) is 3.61. The molecule has 0 unspecified atom stereocenters. The van der Waals surface area contributed by atoms with E-state index in [9.17, 15) is 4.79 Å². The number of hydrogen-bond acceptors (Lipinski definition) is 1. The second kappa shape index (κ2) is 4.45. The molecule has 1 nitrogen and oxygen atoms in total. The fraction of sp³-hybridized carbons (Fsp3) is 0.222. The molecule has 0 aromatic heterocycles. The van der Waals surface area contributed by atoms with Crippen molar-refractivity contribution in [3.63, 3.8) is 0 Å². The predicted octanol–water partition coefficient (Wildman–Crippen LogP) is 3.74. The predicted molar refractivity (Wildman–Crippen MR) is 58.7 cm³/mol. The molecule has 0 radical (unpaired) electrons. The van der Waals surface area contributed by atoms with Gasteiger partial charge in [0.25, 0.3) is 0 Å². The number of ketones is 1. The molecule has 0 aliphatic carbocycles. The summed E-state index contributed by atoms with van der Waals surface area (Å²) in [6.07, 6.45) is 0. The number of Topliss-reactive ketones (excluding diaryl/α,β-unsaturated/α-hetero) is 1. The van der Waals surface area contributed by atoms with Crippen molar-refractivity contribution in [2.45, 2.75) is 11.8 Å². The number of rotatable bonds is 2. The second-order valence-corrected chi connectivity index (χ2v) is 4.58. The molecule has 70 valence electrons. The molecule has 0 aliphatic heterocycles. The highest BCUT2D eigenvalue weighted by Crippen LogP contribution is 2.19. The van der Waals surface area contributed by atoms with Crippen LogP contribution in [0.2, 0.25) is 0 Å². The molecule has 0 saturated carbocycles. The molecule has 0 fully saturated rings. The van der Waals surface area contributed by atoms with Crippen molar-refractivity contribution in [1.82, 2.24) is 0 Å². The van der Waals surface area contributed by atoms with Crippen molar-refractivity contribution in [3.8, 4) is 0 Å². The van der Waals surface area contributed by atoms with Crippen molar-refractivity contribution < 1.29 is 4.79 Å². The molecule has 1 aromatic carbocycles. The van der Waals surface area contributed by atoms with Gasteiger partial charge in [-0.05, 0) is 24.6 Å². The lowest BCUT2D eigenvalue weighted by Gasteiger charge is -2.03. The summed E-state index contributed by atoms with van der Waals surface area (Å²) < 4.78 is 0.963.